The normalized spacial score (nSPS) is 10.7. The lowest BCUT2D eigenvalue weighted by Crippen LogP contribution is -2.04. The molecule has 0 radical (unpaired) electrons. The maximum atomic E-state index is 5.72. The summed E-state index contributed by atoms with van der Waals surface area (Å²) in [6.45, 7) is 5.28. The van der Waals surface area contributed by atoms with Gasteiger partial charge in [0.25, 0.3) is 0 Å². The highest BCUT2D eigenvalue weighted by Crippen LogP contribution is 2.19. The summed E-state index contributed by atoms with van der Waals surface area (Å²) in [6, 6.07) is 14.0. The largest absolute Gasteiger partial charge is 0.487 e. The summed E-state index contributed by atoms with van der Waals surface area (Å²) in [7, 11) is 0. The zero-order valence-corrected chi connectivity index (χ0v) is 11.5. The van der Waals surface area contributed by atoms with Crippen LogP contribution in [-0.2, 0) is 13.2 Å². The molecule has 100 valence electrons. The Morgan fingerprint density at radius 3 is 2.37 bits per heavy atom. The summed E-state index contributed by atoms with van der Waals surface area (Å²) < 4.78 is 5.72. The van der Waals surface area contributed by atoms with Crippen LogP contribution in [0.5, 0.6) is 5.75 Å². The van der Waals surface area contributed by atoms with E-state index in [1.807, 2.05) is 30.3 Å². The smallest absolute Gasteiger partial charge is 0.130 e. The van der Waals surface area contributed by atoms with E-state index in [-0.39, 0.29) is 0 Å². The first-order valence-corrected chi connectivity index (χ1v) is 6.56. The van der Waals surface area contributed by atoms with Crippen LogP contribution in [0.2, 0.25) is 0 Å². The molecule has 2 rings (SSSR count). The van der Waals surface area contributed by atoms with Gasteiger partial charge >= 0.3 is 0 Å². The lowest BCUT2D eigenvalue weighted by molar-refractivity contribution is 0.301. The van der Waals surface area contributed by atoms with E-state index in [0.29, 0.717) is 19.1 Å². The van der Waals surface area contributed by atoms with Crippen LogP contribution in [-0.4, -0.2) is 4.98 Å². The minimum atomic E-state index is 0.455. The van der Waals surface area contributed by atoms with Crippen LogP contribution in [0.4, 0.5) is 0 Å². The van der Waals surface area contributed by atoms with Crippen molar-refractivity contribution in [2.24, 2.45) is 5.73 Å². The van der Waals surface area contributed by atoms with Crippen molar-refractivity contribution in [2.45, 2.75) is 32.9 Å². The van der Waals surface area contributed by atoms with Gasteiger partial charge in [0.2, 0.25) is 0 Å². The summed E-state index contributed by atoms with van der Waals surface area (Å²) in [6.07, 6.45) is 0. The lowest BCUT2D eigenvalue weighted by atomic mass is 10.0. The molecule has 1 heterocycles. The number of pyridine rings is 1. The van der Waals surface area contributed by atoms with E-state index in [2.05, 4.69) is 31.0 Å². The van der Waals surface area contributed by atoms with E-state index in [1.165, 1.54) is 5.56 Å². The minimum absolute atomic E-state index is 0.455. The molecule has 2 N–H and O–H groups in total. The van der Waals surface area contributed by atoms with Gasteiger partial charge in [-0.05, 0) is 35.7 Å². The maximum Gasteiger partial charge on any atom is 0.130 e. The Labute approximate surface area is 114 Å². The fourth-order valence-corrected chi connectivity index (χ4v) is 1.83. The fourth-order valence-electron chi connectivity index (χ4n) is 1.83. The standard InChI is InChI=1S/C16H20N2O/c1-12(2)13-6-8-16(9-7-13)19-11-15-5-3-4-14(10-17)18-15/h3-9,12H,10-11,17H2,1-2H3. The SMILES string of the molecule is CC(C)c1ccc(OCc2cccc(CN)n2)cc1. The molecule has 0 saturated carbocycles. The van der Waals surface area contributed by atoms with E-state index < -0.39 is 0 Å². The summed E-state index contributed by atoms with van der Waals surface area (Å²) in [5.41, 5.74) is 8.67. The zero-order valence-electron chi connectivity index (χ0n) is 11.5. The van der Waals surface area contributed by atoms with Crippen molar-refractivity contribution >= 4 is 0 Å². The van der Waals surface area contributed by atoms with Gasteiger partial charge in [-0.25, -0.2) is 0 Å². The Hall–Kier alpha value is -1.87. The van der Waals surface area contributed by atoms with Crippen molar-refractivity contribution in [2.75, 3.05) is 0 Å². The number of hydrogen-bond donors (Lipinski definition) is 1. The minimum Gasteiger partial charge on any atom is -0.487 e. The van der Waals surface area contributed by atoms with Gasteiger partial charge in [-0.1, -0.05) is 32.0 Å². The number of ether oxygens (including phenoxy) is 1. The van der Waals surface area contributed by atoms with E-state index in [4.69, 9.17) is 10.5 Å². The molecule has 0 spiro atoms. The topological polar surface area (TPSA) is 48.1 Å². The van der Waals surface area contributed by atoms with Gasteiger partial charge in [0.15, 0.2) is 0 Å². The molecule has 3 heteroatoms. The Kier molecular flexibility index (Phi) is 4.53. The van der Waals surface area contributed by atoms with E-state index in [9.17, 15) is 0 Å². The Balaban J connectivity index is 1.98. The highest BCUT2D eigenvalue weighted by molar-refractivity contribution is 5.29. The predicted octanol–water partition coefficient (Wildman–Crippen LogP) is 3.24. The zero-order chi connectivity index (χ0) is 13.7. The molecule has 0 aliphatic carbocycles. The molecule has 0 aliphatic rings. The van der Waals surface area contributed by atoms with E-state index in [0.717, 1.165) is 17.1 Å². The molecule has 1 aromatic carbocycles. The number of nitrogens with two attached hydrogens (primary N) is 1. The molecule has 0 amide bonds. The van der Waals surface area contributed by atoms with Crippen LogP contribution in [0.1, 0.15) is 36.7 Å². The highest BCUT2D eigenvalue weighted by Gasteiger charge is 2.01. The molecule has 0 fully saturated rings. The van der Waals surface area contributed by atoms with Crippen LogP contribution in [0.25, 0.3) is 0 Å². The molecule has 3 nitrogen and oxygen atoms in total. The fraction of sp³-hybridized carbons (Fsp3) is 0.312. The van der Waals surface area contributed by atoms with Crippen molar-refractivity contribution in [3.63, 3.8) is 0 Å². The maximum absolute atomic E-state index is 5.72. The molecular formula is C16H20N2O. The number of benzene rings is 1. The summed E-state index contributed by atoms with van der Waals surface area (Å²) >= 11 is 0. The number of hydrogen-bond acceptors (Lipinski definition) is 3. The van der Waals surface area contributed by atoms with E-state index >= 15 is 0 Å². The van der Waals surface area contributed by atoms with Gasteiger partial charge < -0.3 is 10.5 Å². The molecule has 1 aromatic heterocycles. The van der Waals surface area contributed by atoms with Crippen LogP contribution < -0.4 is 10.5 Å². The quantitative estimate of drug-likeness (QED) is 0.893. The van der Waals surface area contributed by atoms with E-state index in [1.54, 1.807) is 0 Å². The van der Waals surface area contributed by atoms with Crippen LogP contribution in [0.3, 0.4) is 0 Å². The summed E-state index contributed by atoms with van der Waals surface area (Å²) in [4.78, 5) is 4.40. The molecule has 0 atom stereocenters. The average Bonchev–Trinajstić information content (AvgIpc) is 2.46. The third kappa shape index (κ3) is 3.80. The first-order chi connectivity index (χ1) is 9.19. The third-order valence-electron chi connectivity index (χ3n) is 3.01. The van der Waals surface area contributed by atoms with Gasteiger partial charge in [0.05, 0.1) is 11.4 Å². The van der Waals surface area contributed by atoms with Gasteiger partial charge in [-0.15, -0.1) is 0 Å². The first-order valence-electron chi connectivity index (χ1n) is 6.56. The van der Waals surface area contributed by atoms with Crippen molar-refractivity contribution in [1.82, 2.24) is 4.98 Å². The van der Waals surface area contributed by atoms with Crippen molar-refractivity contribution in [1.29, 1.82) is 0 Å². The Bertz CT molecular complexity index is 521. The highest BCUT2D eigenvalue weighted by atomic mass is 16.5. The lowest BCUT2D eigenvalue weighted by Gasteiger charge is -2.09. The summed E-state index contributed by atoms with van der Waals surface area (Å²) in [5.74, 6) is 1.40. The van der Waals surface area contributed by atoms with Crippen molar-refractivity contribution in [3.8, 4) is 5.75 Å². The van der Waals surface area contributed by atoms with Gasteiger partial charge in [0.1, 0.15) is 12.4 Å². The van der Waals surface area contributed by atoms with Gasteiger partial charge in [-0.2, -0.15) is 0 Å². The third-order valence-corrected chi connectivity index (χ3v) is 3.01. The summed E-state index contributed by atoms with van der Waals surface area (Å²) in [5, 5.41) is 0. The predicted molar refractivity (Wildman–Crippen MR) is 77.0 cm³/mol. The molecule has 0 bridgehead atoms. The van der Waals surface area contributed by atoms with Gasteiger partial charge in [0, 0.05) is 6.54 Å². The number of rotatable bonds is 5. The molecule has 0 aliphatic heterocycles. The Morgan fingerprint density at radius 2 is 1.74 bits per heavy atom. The molecule has 19 heavy (non-hydrogen) atoms. The average molecular weight is 256 g/mol. The number of aromatic nitrogens is 1. The molecule has 2 aromatic rings. The molecular weight excluding hydrogens is 236 g/mol. The second-order valence-electron chi connectivity index (χ2n) is 4.84. The van der Waals surface area contributed by atoms with Crippen molar-refractivity contribution < 1.29 is 4.74 Å². The first kappa shape index (κ1) is 13.6. The second-order valence-corrected chi connectivity index (χ2v) is 4.84. The monoisotopic (exact) mass is 256 g/mol. The molecule has 0 unspecified atom stereocenters. The second kappa shape index (κ2) is 6.34. The van der Waals surface area contributed by atoms with Crippen LogP contribution in [0.15, 0.2) is 42.5 Å². The van der Waals surface area contributed by atoms with Crippen LogP contribution >= 0.6 is 0 Å². The molecule has 0 saturated heterocycles. The Morgan fingerprint density at radius 1 is 1.05 bits per heavy atom. The van der Waals surface area contributed by atoms with Crippen molar-refractivity contribution in [3.05, 3.63) is 59.4 Å². The van der Waals surface area contributed by atoms with Gasteiger partial charge in [-0.3, -0.25) is 4.98 Å². The number of nitrogens with zero attached hydrogens (tertiary/aromatic N) is 1. The van der Waals surface area contributed by atoms with Crippen LogP contribution in [0, 0.1) is 0 Å².